The number of hydrogen-bond acceptors (Lipinski definition) is 6. The van der Waals surface area contributed by atoms with Gasteiger partial charge in [-0.1, -0.05) is 11.6 Å². The van der Waals surface area contributed by atoms with E-state index in [9.17, 15) is 0 Å². The highest BCUT2D eigenvalue weighted by molar-refractivity contribution is 6.19. The second kappa shape index (κ2) is 5.71. The molecular formula is C6H13ClO6. The Morgan fingerprint density at radius 3 is 1.62 bits per heavy atom. The van der Waals surface area contributed by atoms with Crippen LogP contribution >= 0.6 is 11.6 Å². The summed E-state index contributed by atoms with van der Waals surface area (Å²) in [6.07, 6.45) is -6.99. The maximum absolute atomic E-state index is 9.04. The fraction of sp³-hybridized carbons (Fsp3) is 1.00. The lowest BCUT2D eigenvalue weighted by Crippen LogP contribution is -2.48. The molecule has 1 unspecified atom stereocenters. The van der Waals surface area contributed by atoms with Crippen LogP contribution in [0.15, 0.2) is 0 Å². The molecule has 0 spiro atoms. The molecule has 0 saturated heterocycles. The van der Waals surface area contributed by atoms with E-state index in [-0.39, 0.29) is 0 Å². The summed E-state index contributed by atoms with van der Waals surface area (Å²) in [6, 6.07) is 0. The van der Waals surface area contributed by atoms with Crippen molar-refractivity contribution in [1.82, 2.24) is 0 Å². The quantitative estimate of drug-likeness (QED) is 0.272. The molecule has 0 aliphatic carbocycles. The average Bonchev–Trinajstić information content (AvgIpc) is 2.12. The summed E-state index contributed by atoms with van der Waals surface area (Å²) in [7, 11) is 0. The molecule has 0 aromatic rings. The number of rotatable bonds is 5. The van der Waals surface area contributed by atoms with Gasteiger partial charge in [0.05, 0.1) is 6.61 Å². The van der Waals surface area contributed by atoms with Crippen LogP contribution in [0.3, 0.4) is 0 Å². The van der Waals surface area contributed by atoms with Gasteiger partial charge in [-0.25, -0.2) is 0 Å². The number of halogens is 1. The maximum Gasteiger partial charge on any atom is 0.156 e. The molecule has 0 radical (unpaired) electrons. The van der Waals surface area contributed by atoms with E-state index in [4.69, 9.17) is 42.2 Å². The average molecular weight is 217 g/mol. The molecule has 0 aliphatic rings. The Bertz CT molecular complexity index is 143. The Labute approximate surface area is 79.6 Å². The summed E-state index contributed by atoms with van der Waals surface area (Å²) >= 11 is 5.01. The van der Waals surface area contributed by atoms with Gasteiger partial charge >= 0.3 is 0 Å². The fourth-order valence-corrected chi connectivity index (χ4v) is 0.849. The van der Waals surface area contributed by atoms with E-state index in [2.05, 4.69) is 0 Å². The summed E-state index contributed by atoms with van der Waals surface area (Å²) in [4.78, 5) is 0. The molecule has 0 fully saturated rings. The van der Waals surface area contributed by atoms with Crippen molar-refractivity contribution in [2.24, 2.45) is 0 Å². The van der Waals surface area contributed by atoms with E-state index in [1.807, 2.05) is 0 Å². The van der Waals surface area contributed by atoms with Crippen LogP contribution < -0.4 is 0 Å². The van der Waals surface area contributed by atoms with Gasteiger partial charge < -0.3 is 30.6 Å². The largest absolute Gasteiger partial charge is 0.394 e. The van der Waals surface area contributed by atoms with Crippen LogP contribution in [0.25, 0.3) is 0 Å². The predicted molar refractivity (Wildman–Crippen MR) is 43.0 cm³/mol. The molecule has 6 nitrogen and oxygen atoms in total. The first-order chi connectivity index (χ1) is 5.91. The normalized spacial score (nSPS) is 23.3. The van der Waals surface area contributed by atoms with E-state index in [1.165, 1.54) is 0 Å². The van der Waals surface area contributed by atoms with Crippen molar-refractivity contribution in [1.29, 1.82) is 0 Å². The zero-order chi connectivity index (χ0) is 10.6. The van der Waals surface area contributed by atoms with E-state index >= 15 is 0 Å². The number of aliphatic hydroxyl groups excluding tert-OH is 6. The van der Waals surface area contributed by atoms with Crippen LogP contribution in [0.5, 0.6) is 0 Å². The minimum atomic E-state index is -1.82. The molecule has 0 aromatic heterocycles. The van der Waals surface area contributed by atoms with Gasteiger partial charge in [0.15, 0.2) is 5.56 Å². The molecule has 5 atom stereocenters. The first kappa shape index (κ1) is 13.1. The van der Waals surface area contributed by atoms with Gasteiger partial charge in [-0.05, 0) is 0 Å². The Morgan fingerprint density at radius 2 is 1.31 bits per heavy atom. The lowest BCUT2D eigenvalue weighted by molar-refractivity contribution is -0.128. The van der Waals surface area contributed by atoms with Crippen molar-refractivity contribution in [3.05, 3.63) is 0 Å². The monoisotopic (exact) mass is 216 g/mol. The van der Waals surface area contributed by atoms with Crippen molar-refractivity contribution in [3.8, 4) is 0 Å². The Balaban J connectivity index is 4.15. The third-order valence-electron chi connectivity index (χ3n) is 1.56. The zero-order valence-electron chi connectivity index (χ0n) is 6.66. The molecule has 0 saturated carbocycles. The fourth-order valence-electron chi connectivity index (χ4n) is 0.700. The van der Waals surface area contributed by atoms with Crippen molar-refractivity contribution in [2.75, 3.05) is 6.61 Å². The molecule has 0 bridgehead atoms. The molecular weight excluding hydrogens is 204 g/mol. The van der Waals surface area contributed by atoms with Crippen molar-refractivity contribution >= 4 is 11.6 Å². The first-order valence-corrected chi connectivity index (χ1v) is 4.00. The molecule has 0 amide bonds. The SMILES string of the molecule is OC[C@@H](O)[C@@H](O)[C@H](O)[C@H](O)C(O)Cl. The van der Waals surface area contributed by atoms with E-state index in [0.717, 1.165) is 0 Å². The lowest BCUT2D eigenvalue weighted by atomic mass is 10.0. The number of hydrogen-bond donors (Lipinski definition) is 6. The van der Waals surface area contributed by atoms with Gasteiger partial charge in [-0.3, -0.25) is 0 Å². The summed E-state index contributed by atoms with van der Waals surface area (Å²) in [5.41, 5.74) is -1.75. The maximum atomic E-state index is 9.04. The van der Waals surface area contributed by atoms with Gasteiger partial charge in [0.25, 0.3) is 0 Å². The van der Waals surface area contributed by atoms with Gasteiger partial charge in [-0.15, -0.1) is 0 Å². The molecule has 7 heteroatoms. The molecule has 0 heterocycles. The lowest BCUT2D eigenvalue weighted by Gasteiger charge is -2.26. The highest BCUT2D eigenvalue weighted by Gasteiger charge is 2.33. The first-order valence-electron chi connectivity index (χ1n) is 3.57. The van der Waals surface area contributed by atoms with Gasteiger partial charge in [-0.2, -0.15) is 0 Å². The minimum absolute atomic E-state index is 0.774. The van der Waals surface area contributed by atoms with E-state index < -0.39 is 36.6 Å². The van der Waals surface area contributed by atoms with Crippen LogP contribution in [-0.2, 0) is 0 Å². The summed E-state index contributed by atoms with van der Waals surface area (Å²) in [5, 5.41) is 52.8. The molecule has 0 aromatic carbocycles. The van der Waals surface area contributed by atoms with Gasteiger partial charge in [0.2, 0.25) is 0 Å². The minimum Gasteiger partial charge on any atom is -0.394 e. The Morgan fingerprint density at radius 1 is 0.846 bits per heavy atom. The highest BCUT2D eigenvalue weighted by atomic mass is 35.5. The molecule has 0 rings (SSSR count). The topological polar surface area (TPSA) is 121 Å². The van der Waals surface area contributed by atoms with Crippen LogP contribution in [0.2, 0.25) is 0 Å². The van der Waals surface area contributed by atoms with E-state index in [0.29, 0.717) is 0 Å². The van der Waals surface area contributed by atoms with Crippen LogP contribution in [0, 0.1) is 0 Å². The molecule has 80 valence electrons. The highest BCUT2D eigenvalue weighted by Crippen LogP contribution is 2.10. The second-order valence-electron chi connectivity index (χ2n) is 2.59. The smallest absolute Gasteiger partial charge is 0.156 e. The van der Waals surface area contributed by atoms with Crippen molar-refractivity contribution < 1.29 is 30.6 Å². The van der Waals surface area contributed by atoms with E-state index in [1.54, 1.807) is 0 Å². The number of alkyl halides is 1. The van der Waals surface area contributed by atoms with Crippen molar-refractivity contribution in [3.63, 3.8) is 0 Å². The Kier molecular flexibility index (Phi) is 5.73. The summed E-state index contributed by atoms with van der Waals surface area (Å²) in [5.74, 6) is 0. The number of aliphatic hydroxyl groups is 6. The Hall–Kier alpha value is 0.0500. The molecule has 0 aliphatic heterocycles. The van der Waals surface area contributed by atoms with Crippen LogP contribution in [-0.4, -0.2) is 67.2 Å². The molecule has 6 N–H and O–H groups in total. The van der Waals surface area contributed by atoms with Crippen LogP contribution in [0.1, 0.15) is 0 Å². The molecule has 13 heavy (non-hydrogen) atoms. The third kappa shape index (κ3) is 3.74. The zero-order valence-corrected chi connectivity index (χ0v) is 7.41. The standard InChI is InChI=1S/C6H13ClO6/c7-6(13)5(12)4(11)3(10)2(9)1-8/h2-6,8-13H,1H2/t2-,3-,4+,5+,6?/m1/s1. The summed E-state index contributed by atoms with van der Waals surface area (Å²) in [6.45, 7) is -0.774. The third-order valence-corrected chi connectivity index (χ3v) is 1.82. The summed E-state index contributed by atoms with van der Waals surface area (Å²) < 4.78 is 0. The predicted octanol–water partition coefficient (Wildman–Crippen LogP) is -3.02. The van der Waals surface area contributed by atoms with Gasteiger partial charge in [0.1, 0.15) is 24.4 Å². The van der Waals surface area contributed by atoms with Crippen molar-refractivity contribution in [2.45, 2.75) is 30.0 Å². The van der Waals surface area contributed by atoms with Crippen LogP contribution in [0.4, 0.5) is 0 Å². The second-order valence-corrected chi connectivity index (χ2v) is 3.04. The van der Waals surface area contributed by atoms with Gasteiger partial charge in [0, 0.05) is 0 Å².